The number of thioether (sulfide) groups is 1. The van der Waals surface area contributed by atoms with E-state index in [0.29, 0.717) is 38.1 Å². The number of carbonyl (C=O) groups excluding carboxylic acids is 1. The first-order valence-corrected chi connectivity index (χ1v) is 8.52. The average Bonchev–Trinajstić information content (AvgIpc) is 2.95. The largest absolute Gasteiger partial charge is 0.481 e. The Morgan fingerprint density at radius 1 is 1.38 bits per heavy atom. The lowest BCUT2D eigenvalue weighted by Gasteiger charge is -2.37. The second kappa shape index (κ2) is 6.56. The van der Waals surface area contributed by atoms with Crippen LogP contribution in [0.2, 0.25) is 0 Å². The van der Waals surface area contributed by atoms with Gasteiger partial charge in [0.1, 0.15) is 5.76 Å². The molecule has 1 aliphatic heterocycles. The number of nitrogens with zero attached hydrogens (tertiary/aromatic N) is 1. The Morgan fingerprint density at radius 3 is 2.57 bits per heavy atom. The summed E-state index contributed by atoms with van der Waals surface area (Å²) in [6.45, 7) is 2.84. The van der Waals surface area contributed by atoms with Crippen molar-refractivity contribution < 1.29 is 19.1 Å². The number of amides is 1. The second-order valence-electron chi connectivity index (χ2n) is 5.43. The molecule has 0 spiro atoms. The van der Waals surface area contributed by atoms with Gasteiger partial charge in [-0.05, 0) is 37.7 Å². The summed E-state index contributed by atoms with van der Waals surface area (Å²) in [7, 11) is 0. The molecule has 6 heteroatoms. The fourth-order valence-electron chi connectivity index (χ4n) is 2.73. The number of piperidine rings is 1. The second-order valence-corrected chi connectivity index (χ2v) is 6.30. The predicted octanol–water partition coefficient (Wildman–Crippen LogP) is 2.86. The van der Waals surface area contributed by atoms with E-state index in [1.807, 2.05) is 19.2 Å². The Bertz CT molecular complexity index is 517. The zero-order chi connectivity index (χ0) is 15.5. The Balaban J connectivity index is 2.01. The number of furan rings is 1. The minimum atomic E-state index is -0.752. The molecule has 0 bridgehead atoms. The third-order valence-electron chi connectivity index (χ3n) is 4.30. The van der Waals surface area contributed by atoms with Crippen molar-refractivity contribution >= 4 is 23.6 Å². The van der Waals surface area contributed by atoms with Gasteiger partial charge in [0.25, 0.3) is 5.91 Å². The zero-order valence-electron chi connectivity index (χ0n) is 12.4. The highest BCUT2D eigenvalue weighted by atomic mass is 32.2. The van der Waals surface area contributed by atoms with Crippen molar-refractivity contribution in [2.24, 2.45) is 5.41 Å². The zero-order valence-corrected chi connectivity index (χ0v) is 13.2. The summed E-state index contributed by atoms with van der Waals surface area (Å²) >= 11 is 1.64. The van der Waals surface area contributed by atoms with Crippen molar-refractivity contribution in [1.29, 1.82) is 0 Å². The maximum absolute atomic E-state index is 12.4. The van der Waals surface area contributed by atoms with Crippen LogP contribution in [-0.4, -0.2) is 41.2 Å². The molecule has 2 rings (SSSR count). The smallest absolute Gasteiger partial charge is 0.309 e. The summed E-state index contributed by atoms with van der Waals surface area (Å²) in [6, 6.07) is 3.52. The van der Waals surface area contributed by atoms with Gasteiger partial charge in [-0.25, -0.2) is 0 Å². The summed E-state index contributed by atoms with van der Waals surface area (Å²) in [5.41, 5.74) is -0.677. The Hall–Kier alpha value is -1.43. The molecule has 0 aliphatic carbocycles. The molecule has 21 heavy (non-hydrogen) atoms. The van der Waals surface area contributed by atoms with Gasteiger partial charge in [0.05, 0.1) is 11.2 Å². The van der Waals surface area contributed by atoms with Crippen LogP contribution in [0.1, 0.15) is 42.5 Å². The topological polar surface area (TPSA) is 70.8 Å². The Labute approximate surface area is 128 Å². The first kappa shape index (κ1) is 15.9. The van der Waals surface area contributed by atoms with Crippen molar-refractivity contribution in [3.8, 4) is 0 Å². The molecule has 0 aromatic carbocycles. The average molecular weight is 311 g/mol. The molecular weight excluding hydrogens is 290 g/mol. The van der Waals surface area contributed by atoms with Crippen LogP contribution in [0.3, 0.4) is 0 Å². The van der Waals surface area contributed by atoms with Gasteiger partial charge in [-0.3, -0.25) is 9.59 Å². The summed E-state index contributed by atoms with van der Waals surface area (Å²) in [4.78, 5) is 25.5. The van der Waals surface area contributed by atoms with Crippen LogP contribution in [0.4, 0.5) is 0 Å². The van der Waals surface area contributed by atoms with Crippen LogP contribution in [0.25, 0.3) is 0 Å². The third-order valence-corrected chi connectivity index (χ3v) is 4.87. The summed E-state index contributed by atoms with van der Waals surface area (Å²) in [5, 5.41) is 9.37. The van der Waals surface area contributed by atoms with Gasteiger partial charge in [0.15, 0.2) is 5.76 Å². The standard InChI is InChI=1S/C15H21NO4S/c1-3-15(14(18)19)6-8-16(9-7-15)13(17)12-5-4-11(20-12)10-21-2/h4-5H,3,6-10H2,1-2H3,(H,18,19). The molecule has 1 N–H and O–H groups in total. The number of carbonyl (C=O) groups is 2. The van der Waals surface area contributed by atoms with Crippen molar-refractivity contribution in [2.45, 2.75) is 31.9 Å². The van der Waals surface area contributed by atoms with E-state index in [2.05, 4.69) is 0 Å². The molecule has 0 unspecified atom stereocenters. The van der Waals surface area contributed by atoms with Crippen LogP contribution in [-0.2, 0) is 10.5 Å². The van der Waals surface area contributed by atoms with E-state index in [0.717, 1.165) is 11.5 Å². The number of carboxylic acids is 1. The predicted molar refractivity (Wildman–Crippen MR) is 81.4 cm³/mol. The van der Waals surface area contributed by atoms with Gasteiger partial charge in [0.2, 0.25) is 0 Å². The van der Waals surface area contributed by atoms with Crippen molar-refractivity contribution in [3.05, 3.63) is 23.7 Å². The first-order valence-electron chi connectivity index (χ1n) is 7.13. The van der Waals surface area contributed by atoms with Crippen molar-refractivity contribution in [2.75, 3.05) is 19.3 Å². The highest BCUT2D eigenvalue weighted by Crippen LogP contribution is 2.35. The Morgan fingerprint density at radius 2 is 2.05 bits per heavy atom. The van der Waals surface area contributed by atoms with Crippen LogP contribution >= 0.6 is 11.8 Å². The molecule has 1 aromatic heterocycles. The third kappa shape index (κ3) is 3.26. The minimum Gasteiger partial charge on any atom is -0.481 e. The molecular formula is C15H21NO4S. The van der Waals surface area contributed by atoms with Gasteiger partial charge in [-0.2, -0.15) is 11.8 Å². The lowest BCUT2D eigenvalue weighted by molar-refractivity contribution is -0.152. The molecule has 1 saturated heterocycles. The maximum atomic E-state index is 12.4. The monoisotopic (exact) mass is 311 g/mol. The van der Waals surface area contributed by atoms with Gasteiger partial charge in [-0.1, -0.05) is 6.92 Å². The number of hydrogen-bond acceptors (Lipinski definition) is 4. The van der Waals surface area contributed by atoms with E-state index >= 15 is 0 Å². The molecule has 0 atom stereocenters. The number of likely N-dealkylation sites (tertiary alicyclic amines) is 1. The number of hydrogen-bond donors (Lipinski definition) is 1. The Kier molecular flexibility index (Phi) is 4.98. The lowest BCUT2D eigenvalue weighted by atomic mass is 9.76. The molecule has 1 amide bonds. The lowest BCUT2D eigenvalue weighted by Crippen LogP contribution is -2.46. The summed E-state index contributed by atoms with van der Waals surface area (Å²) < 4.78 is 5.54. The van der Waals surface area contributed by atoms with Crippen molar-refractivity contribution in [3.63, 3.8) is 0 Å². The highest BCUT2D eigenvalue weighted by Gasteiger charge is 2.41. The first-order chi connectivity index (χ1) is 10.0. The molecule has 5 nitrogen and oxygen atoms in total. The summed E-state index contributed by atoms with van der Waals surface area (Å²) in [5.74, 6) is 0.982. The summed E-state index contributed by atoms with van der Waals surface area (Å²) in [6.07, 6.45) is 3.58. The molecule has 0 saturated carbocycles. The maximum Gasteiger partial charge on any atom is 0.309 e. The molecule has 1 aliphatic rings. The molecule has 1 fully saturated rings. The van der Waals surface area contributed by atoms with E-state index in [1.54, 1.807) is 22.7 Å². The normalized spacial score (nSPS) is 17.7. The van der Waals surface area contributed by atoms with E-state index < -0.39 is 11.4 Å². The van der Waals surface area contributed by atoms with E-state index in [4.69, 9.17) is 4.42 Å². The van der Waals surface area contributed by atoms with Crippen LogP contribution in [0.5, 0.6) is 0 Å². The molecule has 1 aromatic rings. The fourth-order valence-corrected chi connectivity index (χ4v) is 3.16. The SMILES string of the molecule is CCC1(C(=O)O)CCN(C(=O)c2ccc(CSC)o2)CC1. The van der Waals surface area contributed by atoms with Crippen LogP contribution < -0.4 is 0 Å². The van der Waals surface area contributed by atoms with Gasteiger partial charge in [0, 0.05) is 13.1 Å². The van der Waals surface area contributed by atoms with Gasteiger partial charge < -0.3 is 14.4 Å². The number of aliphatic carboxylic acids is 1. The number of rotatable bonds is 5. The van der Waals surface area contributed by atoms with Crippen LogP contribution in [0.15, 0.2) is 16.5 Å². The number of carboxylic acid groups (broad SMARTS) is 1. The highest BCUT2D eigenvalue weighted by molar-refractivity contribution is 7.97. The molecule has 0 radical (unpaired) electrons. The van der Waals surface area contributed by atoms with E-state index in [9.17, 15) is 14.7 Å². The van der Waals surface area contributed by atoms with E-state index in [1.165, 1.54) is 0 Å². The fraction of sp³-hybridized carbons (Fsp3) is 0.600. The van der Waals surface area contributed by atoms with Gasteiger partial charge >= 0.3 is 5.97 Å². The molecule has 116 valence electrons. The van der Waals surface area contributed by atoms with Gasteiger partial charge in [-0.15, -0.1) is 0 Å². The van der Waals surface area contributed by atoms with Crippen LogP contribution in [0, 0.1) is 5.41 Å². The quantitative estimate of drug-likeness (QED) is 0.905. The van der Waals surface area contributed by atoms with E-state index in [-0.39, 0.29) is 5.91 Å². The van der Waals surface area contributed by atoms with Crippen molar-refractivity contribution in [1.82, 2.24) is 4.90 Å². The minimum absolute atomic E-state index is 0.141. The molecule has 2 heterocycles.